The molecule has 3 aromatic rings. The van der Waals surface area contributed by atoms with Gasteiger partial charge in [0.05, 0.1) is 11.6 Å². The number of ether oxygens (including phenoxy) is 2. The summed E-state index contributed by atoms with van der Waals surface area (Å²) in [5.74, 6) is -0.580. The van der Waals surface area contributed by atoms with Gasteiger partial charge in [-0.1, -0.05) is 42.5 Å². The minimum absolute atomic E-state index is 0.0461. The van der Waals surface area contributed by atoms with E-state index in [1.54, 1.807) is 30.3 Å². The number of aliphatic hydroxyl groups is 1. The van der Waals surface area contributed by atoms with Gasteiger partial charge >= 0.3 is 0 Å². The van der Waals surface area contributed by atoms with Gasteiger partial charge in [0.15, 0.2) is 11.5 Å². The van der Waals surface area contributed by atoms with Crippen molar-refractivity contribution >= 4 is 23.1 Å². The molecule has 1 unspecified atom stereocenters. The predicted molar refractivity (Wildman–Crippen MR) is 120 cm³/mol. The Kier molecular flexibility index (Phi) is 4.90. The first-order valence-corrected chi connectivity index (χ1v) is 10.4. The number of benzene rings is 3. The molecule has 0 saturated carbocycles. The molecule has 32 heavy (non-hydrogen) atoms. The molecule has 3 aromatic carbocycles. The summed E-state index contributed by atoms with van der Waals surface area (Å²) in [6.45, 7) is 2.77. The molecule has 6 heteroatoms. The molecule has 0 radical (unpaired) electrons. The lowest BCUT2D eigenvalue weighted by Gasteiger charge is -2.26. The van der Waals surface area contributed by atoms with E-state index in [1.165, 1.54) is 4.90 Å². The van der Waals surface area contributed by atoms with Crippen LogP contribution in [0.3, 0.4) is 0 Å². The summed E-state index contributed by atoms with van der Waals surface area (Å²) in [5.41, 5.74) is 2.70. The molecule has 1 saturated heterocycles. The Morgan fingerprint density at radius 2 is 1.59 bits per heavy atom. The lowest BCUT2D eigenvalue weighted by atomic mass is 9.92. The summed E-state index contributed by atoms with van der Waals surface area (Å²) in [4.78, 5) is 27.8. The maximum absolute atomic E-state index is 13.2. The van der Waals surface area contributed by atoms with Crippen LogP contribution in [0.5, 0.6) is 11.5 Å². The predicted octanol–water partition coefficient (Wildman–Crippen LogP) is 4.39. The molecule has 1 amide bonds. The highest BCUT2D eigenvalue weighted by molar-refractivity contribution is 6.51. The third-order valence-electron chi connectivity index (χ3n) is 5.78. The zero-order valence-corrected chi connectivity index (χ0v) is 17.4. The Hall–Kier alpha value is -4.06. The number of hydrogen-bond acceptors (Lipinski definition) is 5. The standard InChI is InChI=1S/C26H21NO5/c1-16-7-5-6-10-19(16)23-22(25(29)26(30)27(23)18-8-3-2-4-9-18)24(28)17-11-12-20-21(15-17)32-14-13-31-20/h2-12,15,23,28H,13-14H2,1H3/b24-22+. The number of anilines is 1. The number of aryl methyl sites for hydroxylation is 1. The van der Waals surface area contributed by atoms with Gasteiger partial charge in [-0.15, -0.1) is 0 Å². The number of carbonyl (C=O) groups is 2. The Bertz CT molecular complexity index is 1250. The fourth-order valence-corrected chi connectivity index (χ4v) is 4.22. The Morgan fingerprint density at radius 1 is 0.906 bits per heavy atom. The van der Waals surface area contributed by atoms with Crippen LogP contribution in [0.4, 0.5) is 5.69 Å². The van der Waals surface area contributed by atoms with Crippen molar-refractivity contribution in [2.45, 2.75) is 13.0 Å². The Balaban J connectivity index is 1.71. The number of nitrogens with zero attached hydrogens (tertiary/aromatic N) is 1. The quantitative estimate of drug-likeness (QED) is 0.381. The molecular formula is C26H21NO5. The highest BCUT2D eigenvalue weighted by Crippen LogP contribution is 2.43. The molecule has 2 aliphatic rings. The highest BCUT2D eigenvalue weighted by atomic mass is 16.6. The summed E-state index contributed by atoms with van der Waals surface area (Å²) < 4.78 is 11.2. The van der Waals surface area contributed by atoms with Crippen molar-refractivity contribution in [1.29, 1.82) is 0 Å². The molecule has 2 aliphatic heterocycles. The number of Topliss-reactive ketones (excluding diaryl/α,β-unsaturated/α-hetero) is 1. The van der Waals surface area contributed by atoms with Crippen molar-refractivity contribution in [2.75, 3.05) is 18.1 Å². The molecule has 1 fully saturated rings. The van der Waals surface area contributed by atoms with E-state index in [0.29, 0.717) is 36.0 Å². The minimum atomic E-state index is -0.758. The molecular weight excluding hydrogens is 406 g/mol. The normalized spacial score (nSPS) is 19.3. The lowest BCUT2D eigenvalue weighted by molar-refractivity contribution is -0.132. The minimum Gasteiger partial charge on any atom is -0.507 e. The van der Waals surface area contributed by atoms with Gasteiger partial charge in [-0.05, 0) is 48.4 Å². The van der Waals surface area contributed by atoms with Crippen LogP contribution in [0.2, 0.25) is 0 Å². The van der Waals surface area contributed by atoms with Crippen LogP contribution < -0.4 is 14.4 Å². The second kappa shape index (κ2) is 7.89. The number of carbonyl (C=O) groups excluding carboxylic acids is 2. The van der Waals surface area contributed by atoms with E-state index in [-0.39, 0.29) is 11.3 Å². The summed E-state index contributed by atoms with van der Waals surface area (Å²) >= 11 is 0. The maximum Gasteiger partial charge on any atom is 0.300 e. The number of para-hydroxylation sites is 1. The van der Waals surface area contributed by atoms with Gasteiger partial charge in [0.2, 0.25) is 0 Å². The van der Waals surface area contributed by atoms with E-state index in [2.05, 4.69) is 0 Å². The second-order valence-corrected chi connectivity index (χ2v) is 7.72. The van der Waals surface area contributed by atoms with E-state index in [0.717, 1.165) is 11.1 Å². The zero-order valence-electron chi connectivity index (χ0n) is 17.4. The average molecular weight is 427 g/mol. The number of fused-ring (bicyclic) bond motifs is 1. The van der Waals surface area contributed by atoms with Crippen LogP contribution >= 0.6 is 0 Å². The van der Waals surface area contributed by atoms with Crippen LogP contribution in [-0.2, 0) is 9.59 Å². The average Bonchev–Trinajstić information content (AvgIpc) is 3.09. The van der Waals surface area contributed by atoms with Crippen LogP contribution in [0.25, 0.3) is 5.76 Å². The van der Waals surface area contributed by atoms with E-state index in [1.807, 2.05) is 49.4 Å². The van der Waals surface area contributed by atoms with E-state index < -0.39 is 17.7 Å². The van der Waals surface area contributed by atoms with Gasteiger partial charge in [-0.3, -0.25) is 14.5 Å². The summed E-state index contributed by atoms with van der Waals surface area (Å²) in [7, 11) is 0. The molecule has 5 rings (SSSR count). The van der Waals surface area contributed by atoms with E-state index in [9.17, 15) is 14.7 Å². The summed E-state index contributed by atoms with van der Waals surface area (Å²) in [5, 5.41) is 11.3. The molecule has 0 aromatic heterocycles. The first-order chi connectivity index (χ1) is 15.6. The zero-order chi connectivity index (χ0) is 22.2. The molecule has 160 valence electrons. The number of aliphatic hydroxyl groups excluding tert-OH is 1. The monoisotopic (exact) mass is 427 g/mol. The molecule has 0 aliphatic carbocycles. The summed E-state index contributed by atoms with van der Waals surface area (Å²) in [6.07, 6.45) is 0. The van der Waals surface area contributed by atoms with Crippen LogP contribution in [0.1, 0.15) is 22.7 Å². The van der Waals surface area contributed by atoms with Crippen molar-refractivity contribution < 1.29 is 24.2 Å². The third kappa shape index (κ3) is 3.21. The van der Waals surface area contributed by atoms with Gasteiger partial charge in [0.1, 0.15) is 19.0 Å². The lowest BCUT2D eigenvalue weighted by Crippen LogP contribution is -2.29. The SMILES string of the molecule is Cc1ccccc1C1/C(=C(\O)c2ccc3c(c2)OCCO3)C(=O)C(=O)N1c1ccccc1. The van der Waals surface area contributed by atoms with Crippen molar-refractivity contribution in [3.8, 4) is 11.5 Å². The topological polar surface area (TPSA) is 76.1 Å². The van der Waals surface area contributed by atoms with E-state index >= 15 is 0 Å². The largest absolute Gasteiger partial charge is 0.507 e. The fourth-order valence-electron chi connectivity index (χ4n) is 4.22. The molecule has 0 spiro atoms. The number of ketones is 1. The van der Waals surface area contributed by atoms with Crippen LogP contribution in [0.15, 0.2) is 78.4 Å². The van der Waals surface area contributed by atoms with Crippen LogP contribution in [-0.4, -0.2) is 30.0 Å². The smallest absolute Gasteiger partial charge is 0.300 e. The number of hydrogen-bond donors (Lipinski definition) is 1. The Morgan fingerprint density at radius 3 is 2.34 bits per heavy atom. The van der Waals surface area contributed by atoms with Gasteiger partial charge in [0, 0.05) is 11.3 Å². The van der Waals surface area contributed by atoms with Crippen molar-refractivity contribution in [3.05, 3.63) is 95.1 Å². The maximum atomic E-state index is 13.2. The number of amides is 1. The molecule has 0 bridgehead atoms. The van der Waals surface area contributed by atoms with Crippen molar-refractivity contribution in [2.24, 2.45) is 0 Å². The van der Waals surface area contributed by atoms with Gasteiger partial charge < -0.3 is 14.6 Å². The Labute approximate surface area is 185 Å². The van der Waals surface area contributed by atoms with Gasteiger partial charge in [-0.25, -0.2) is 0 Å². The van der Waals surface area contributed by atoms with Crippen LogP contribution in [0, 0.1) is 6.92 Å². The van der Waals surface area contributed by atoms with E-state index in [4.69, 9.17) is 9.47 Å². The third-order valence-corrected chi connectivity index (χ3v) is 5.78. The fraction of sp³-hybridized carbons (Fsp3) is 0.154. The molecule has 6 nitrogen and oxygen atoms in total. The first kappa shape index (κ1) is 19.9. The summed E-state index contributed by atoms with van der Waals surface area (Å²) in [6, 6.07) is 20.8. The van der Waals surface area contributed by atoms with Crippen molar-refractivity contribution in [3.63, 3.8) is 0 Å². The second-order valence-electron chi connectivity index (χ2n) is 7.72. The number of rotatable bonds is 3. The highest BCUT2D eigenvalue weighted by Gasteiger charge is 2.47. The first-order valence-electron chi connectivity index (χ1n) is 10.4. The molecule has 2 heterocycles. The molecule has 1 N–H and O–H groups in total. The van der Waals surface area contributed by atoms with Crippen molar-refractivity contribution in [1.82, 2.24) is 0 Å². The van der Waals surface area contributed by atoms with Gasteiger partial charge in [-0.2, -0.15) is 0 Å². The van der Waals surface area contributed by atoms with Gasteiger partial charge in [0.25, 0.3) is 11.7 Å². The molecule has 1 atom stereocenters.